The summed E-state index contributed by atoms with van der Waals surface area (Å²) in [6.45, 7) is 2.95. The number of aliphatic hydroxyl groups is 1. The van der Waals surface area contributed by atoms with Gasteiger partial charge in [-0.25, -0.2) is 4.79 Å². The lowest BCUT2D eigenvalue weighted by Gasteiger charge is -2.27. The molecule has 0 bridgehead atoms. The van der Waals surface area contributed by atoms with Gasteiger partial charge in [-0.05, 0) is 63.2 Å². The van der Waals surface area contributed by atoms with Crippen LogP contribution in [0.15, 0.2) is 24.3 Å². The van der Waals surface area contributed by atoms with E-state index in [-0.39, 0.29) is 43.2 Å². The van der Waals surface area contributed by atoms with Crippen molar-refractivity contribution >= 4 is 46.7 Å². The number of alkyl halides is 3. The smallest absolute Gasteiger partial charge is 0.358 e. The highest BCUT2D eigenvalue weighted by molar-refractivity contribution is 6.75. The number of rotatable bonds is 18. The van der Waals surface area contributed by atoms with E-state index in [1.165, 1.54) is 19.3 Å². The van der Waals surface area contributed by atoms with Gasteiger partial charge >= 0.3 is 11.9 Å². The number of hydrogen-bond acceptors (Lipinski definition) is 6. The molecule has 2 rings (SSSR count). The van der Waals surface area contributed by atoms with Crippen LogP contribution in [0, 0.1) is 17.8 Å². The molecule has 1 saturated heterocycles. The van der Waals surface area contributed by atoms with Crippen LogP contribution in [0.2, 0.25) is 0 Å². The zero-order valence-electron chi connectivity index (χ0n) is 23.7. The number of esters is 1. The molecule has 2 fully saturated rings. The van der Waals surface area contributed by atoms with Crippen LogP contribution in [0.4, 0.5) is 0 Å². The Morgan fingerprint density at radius 2 is 1.88 bits per heavy atom. The van der Waals surface area contributed by atoms with Crippen molar-refractivity contribution in [1.82, 2.24) is 0 Å². The number of carbonyl (C=O) groups excluding carboxylic acids is 1. The molecule has 0 radical (unpaired) electrons. The molecule has 0 aromatic rings. The second-order valence-electron chi connectivity index (χ2n) is 11.0. The molecule has 230 valence electrons. The number of unbranched alkanes of at least 4 members (excludes halogenated alkanes) is 5. The van der Waals surface area contributed by atoms with Gasteiger partial charge in [-0.3, -0.25) is 4.79 Å². The van der Waals surface area contributed by atoms with Crippen molar-refractivity contribution in [2.75, 3.05) is 13.2 Å². The van der Waals surface area contributed by atoms with Crippen LogP contribution >= 0.6 is 34.8 Å². The first-order chi connectivity index (χ1) is 19.1. The number of aliphatic carboxylic acids is 1. The number of hydrogen-bond donors (Lipinski definition) is 2. The molecule has 10 heteroatoms. The van der Waals surface area contributed by atoms with E-state index in [4.69, 9.17) is 54.1 Å². The van der Waals surface area contributed by atoms with Gasteiger partial charge in [-0.1, -0.05) is 98.1 Å². The van der Waals surface area contributed by atoms with E-state index in [1.807, 2.05) is 12.2 Å². The minimum absolute atomic E-state index is 0.0336. The first-order valence-corrected chi connectivity index (χ1v) is 16.0. The van der Waals surface area contributed by atoms with E-state index in [0.29, 0.717) is 32.3 Å². The van der Waals surface area contributed by atoms with E-state index in [0.717, 1.165) is 38.5 Å². The SMILES string of the molecule is CCCCCCCC(/C=C/[C@H]1[C@H](COC(=O)C(Cl)(Cl)Cl)CC(O)[C@@H]1C/C=C\CCCC(=O)O)OC1CCCCO1. The van der Waals surface area contributed by atoms with Gasteiger partial charge in [-0.2, -0.15) is 0 Å². The van der Waals surface area contributed by atoms with Crippen LogP contribution in [-0.4, -0.2) is 57.7 Å². The standard InChI is InChI=1S/C30H47Cl3O7/c1-2-3-4-5-8-13-23(40-28-16-11-12-19-38-28)17-18-24-22(21-39-29(37)30(31,32)33)20-26(34)25(24)14-9-6-7-10-15-27(35)36/h6,9,17-18,22-26,28,34H,2-5,7-8,10-16,19-21H2,1H3,(H,35,36)/b9-6-,18-17+/t22-,23?,24-,25+,26?,28?/m0/s1. The van der Waals surface area contributed by atoms with Crippen molar-refractivity contribution in [2.24, 2.45) is 17.8 Å². The van der Waals surface area contributed by atoms with E-state index < -0.39 is 21.8 Å². The Hall–Kier alpha value is -0.830. The Morgan fingerprint density at radius 1 is 1.10 bits per heavy atom. The normalized spacial score (nSPS) is 26.5. The minimum Gasteiger partial charge on any atom is -0.481 e. The lowest BCUT2D eigenvalue weighted by Crippen LogP contribution is -2.28. The van der Waals surface area contributed by atoms with Gasteiger partial charge in [0.2, 0.25) is 0 Å². The molecule has 0 aromatic carbocycles. The van der Waals surface area contributed by atoms with Crippen molar-refractivity contribution < 1.29 is 34.0 Å². The number of carbonyl (C=O) groups is 2. The molecule has 0 amide bonds. The first kappa shape index (κ1) is 35.4. The summed E-state index contributed by atoms with van der Waals surface area (Å²) in [4.78, 5) is 22.9. The number of carboxylic acid groups (broad SMARTS) is 1. The summed E-state index contributed by atoms with van der Waals surface area (Å²) in [5.74, 6) is -2.07. The Kier molecular flexibility index (Phi) is 17.1. The number of halogens is 3. The third-order valence-electron chi connectivity index (χ3n) is 7.68. The average molecular weight is 626 g/mol. The maximum Gasteiger partial charge on any atom is 0.358 e. The Balaban J connectivity index is 2.12. The quantitative estimate of drug-likeness (QED) is 0.0702. The third kappa shape index (κ3) is 13.9. The Labute approximate surface area is 254 Å². The first-order valence-electron chi connectivity index (χ1n) is 14.9. The Bertz CT molecular complexity index is 793. The molecule has 7 nitrogen and oxygen atoms in total. The largest absolute Gasteiger partial charge is 0.481 e. The molecule has 3 unspecified atom stereocenters. The van der Waals surface area contributed by atoms with Gasteiger partial charge < -0.3 is 24.4 Å². The molecular weight excluding hydrogens is 579 g/mol. The molecule has 0 spiro atoms. The molecule has 2 aliphatic rings. The second-order valence-corrected chi connectivity index (χ2v) is 13.2. The van der Waals surface area contributed by atoms with Crippen LogP contribution in [0.25, 0.3) is 0 Å². The van der Waals surface area contributed by atoms with Crippen LogP contribution < -0.4 is 0 Å². The molecule has 1 saturated carbocycles. The molecule has 2 N–H and O–H groups in total. The topological polar surface area (TPSA) is 102 Å². The summed E-state index contributed by atoms with van der Waals surface area (Å²) in [7, 11) is 0. The fourth-order valence-electron chi connectivity index (χ4n) is 5.47. The number of aliphatic hydroxyl groups excluding tert-OH is 1. The molecule has 1 heterocycles. The van der Waals surface area contributed by atoms with Crippen molar-refractivity contribution in [3.8, 4) is 0 Å². The molecular formula is C30H47Cl3O7. The van der Waals surface area contributed by atoms with E-state index in [2.05, 4.69) is 19.1 Å². The number of ether oxygens (including phenoxy) is 3. The zero-order chi connectivity index (χ0) is 29.4. The summed E-state index contributed by atoms with van der Waals surface area (Å²) in [5, 5.41) is 19.8. The van der Waals surface area contributed by atoms with Crippen LogP contribution in [-0.2, 0) is 23.8 Å². The van der Waals surface area contributed by atoms with Gasteiger partial charge in [0.1, 0.15) is 0 Å². The van der Waals surface area contributed by atoms with Crippen molar-refractivity contribution in [3.05, 3.63) is 24.3 Å². The summed E-state index contributed by atoms with van der Waals surface area (Å²) in [6.07, 6.45) is 19.4. The van der Waals surface area contributed by atoms with E-state index in [1.54, 1.807) is 0 Å². The lowest BCUT2D eigenvalue weighted by atomic mass is 9.86. The lowest BCUT2D eigenvalue weighted by molar-refractivity contribution is -0.179. The molecule has 0 aromatic heterocycles. The number of carboxylic acids is 1. The van der Waals surface area contributed by atoms with Gasteiger partial charge in [0.25, 0.3) is 3.79 Å². The summed E-state index contributed by atoms with van der Waals surface area (Å²) in [6, 6.07) is 0. The van der Waals surface area contributed by atoms with Gasteiger partial charge in [0, 0.05) is 18.9 Å². The maximum atomic E-state index is 12.1. The summed E-state index contributed by atoms with van der Waals surface area (Å²) >= 11 is 17.1. The fourth-order valence-corrected chi connectivity index (χ4v) is 5.64. The van der Waals surface area contributed by atoms with Gasteiger partial charge in [-0.15, -0.1) is 0 Å². The van der Waals surface area contributed by atoms with Crippen molar-refractivity contribution in [1.29, 1.82) is 0 Å². The fraction of sp³-hybridized carbons (Fsp3) is 0.800. The van der Waals surface area contributed by atoms with Crippen molar-refractivity contribution in [3.63, 3.8) is 0 Å². The molecule has 1 aliphatic carbocycles. The van der Waals surface area contributed by atoms with Crippen LogP contribution in [0.5, 0.6) is 0 Å². The predicted molar refractivity (Wildman–Crippen MR) is 159 cm³/mol. The number of allylic oxidation sites excluding steroid dienone is 3. The average Bonchev–Trinajstić information content (AvgIpc) is 3.21. The van der Waals surface area contributed by atoms with Crippen LogP contribution in [0.1, 0.15) is 96.8 Å². The molecule has 6 atom stereocenters. The van der Waals surface area contributed by atoms with Crippen LogP contribution in [0.3, 0.4) is 0 Å². The summed E-state index contributed by atoms with van der Waals surface area (Å²) < 4.78 is 15.4. The molecule has 40 heavy (non-hydrogen) atoms. The highest BCUT2D eigenvalue weighted by Crippen LogP contribution is 2.41. The minimum atomic E-state index is -2.16. The van der Waals surface area contributed by atoms with E-state index in [9.17, 15) is 14.7 Å². The van der Waals surface area contributed by atoms with Crippen molar-refractivity contribution in [2.45, 2.75) is 119 Å². The zero-order valence-corrected chi connectivity index (χ0v) is 25.9. The van der Waals surface area contributed by atoms with Gasteiger partial charge in [0.05, 0.1) is 18.8 Å². The van der Waals surface area contributed by atoms with E-state index >= 15 is 0 Å². The molecule has 1 aliphatic heterocycles. The predicted octanol–water partition coefficient (Wildman–Crippen LogP) is 7.54. The second kappa shape index (κ2) is 19.4. The summed E-state index contributed by atoms with van der Waals surface area (Å²) in [5.41, 5.74) is 0. The van der Waals surface area contributed by atoms with Gasteiger partial charge in [0.15, 0.2) is 6.29 Å². The third-order valence-corrected chi connectivity index (χ3v) is 8.14. The maximum absolute atomic E-state index is 12.1. The highest BCUT2D eigenvalue weighted by Gasteiger charge is 2.42. The highest BCUT2D eigenvalue weighted by atomic mass is 35.6. The monoisotopic (exact) mass is 624 g/mol. The Morgan fingerprint density at radius 3 is 2.55 bits per heavy atom.